The molecule has 0 saturated carbocycles. The van der Waals surface area contributed by atoms with E-state index in [0.717, 1.165) is 19.6 Å². The first-order chi connectivity index (χ1) is 6.24. The third-order valence-electron chi connectivity index (χ3n) is 2.10. The van der Waals surface area contributed by atoms with Gasteiger partial charge in [-0.1, -0.05) is 20.3 Å². The lowest BCUT2D eigenvalue weighted by Gasteiger charge is -2.22. The lowest BCUT2D eigenvalue weighted by atomic mass is 10.3. The molecule has 1 N–H and O–H groups in total. The molecule has 0 saturated heterocycles. The number of hydrogen-bond donors (Lipinski definition) is 1. The highest BCUT2D eigenvalue weighted by atomic mass is 16.5. The molecule has 0 radical (unpaired) electrons. The van der Waals surface area contributed by atoms with E-state index in [4.69, 9.17) is 4.74 Å². The Morgan fingerprint density at radius 1 is 1.38 bits per heavy atom. The number of aliphatic hydroxyl groups excluding tert-OH is 1. The molecular weight excluding hydrogens is 166 g/mol. The molecule has 13 heavy (non-hydrogen) atoms. The maximum absolute atomic E-state index is 9.48. The van der Waals surface area contributed by atoms with Crippen molar-refractivity contribution in [3.63, 3.8) is 0 Å². The van der Waals surface area contributed by atoms with E-state index in [1.165, 1.54) is 12.8 Å². The molecule has 80 valence electrons. The minimum Gasteiger partial charge on any atom is -0.389 e. The second-order valence-corrected chi connectivity index (χ2v) is 3.36. The number of methoxy groups -OCH3 is 1. The third-order valence-corrected chi connectivity index (χ3v) is 2.10. The normalized spacial score (nSPS) is 13.6. The second-order valence-electron chi connectivity index (χ2n) is 3.36. The van der Waals surface area contributed by atoms with Gasteiger partial charge in [-0.25, -0.2) is 0 Å². The fourth-order valence-electron chi connectivity index (χ4n) is 1.30. The van der Waals surface area contributed by atoms with Crippen molar-refractivity contribution in [2.45, 2.75) is 32.8 Å². The fraction of sp³-hybridized carbons (Fsp3) is 1.00. The van der Waals surface area contributed by atoms with Gasteiger partial charge >= 0.3 is 0 Å². The molecule has 0 aliphatic rings. The molecule has 1 atom stereocenters. The lowest BCUT2D eigenvalue weighted by molar-refractivity contribution is 0.0386. The Balaban J connectivity index is 3.56. The molecule has 3 nitrogen and oxygen atoms in total. The van der Waals surface area contributed by atoms with Gasteiger partial charge < -0.3 is 14.7 Å². The number of likely N-dealkylation sites (N-methyl/N-ethyl adjacent to an activating group) is 1. The molecule has 0 rings (SSSR count). The number of ether oxygens (including phenoxy) is 1. The van der Waals surface area contributed by atoms with Gasteiger partial charge in [-0.05, 0) is 19.5 Å². The molecule has 0 aromatic rings. The van der Waals surface area contributed by atoms with Gasteiger partial charge in [-0.2, -0.15) is 0 Å². The highest BCUT2D eigenvalue weighted by molar-refractivity contribution is 4.62. The van der Waals surface area contributed by atoms with Crippen molar-refractivity contribution < 1.29 is 9.84 Å². The van der Waals surface area contributed by atoms with Gasteiger partial charge in [0.15, 0.2) is 0 Å². The highest BCUT2D eigenvalue weighted by Crippen LogP contribution is 1.97. The van der Waals surface area contributed by atoms with Gasteiger partial charge in [0.25, 0.3) is 0 Å². The average molecular weight is 189 g/mol. The van der Waals surface area contributed by atoms with E-state index < -0.39 is 0 Å². The van der Waals surface area contributed by atoms with E-state index in [1.54, 1.807) is 7.11 Å². The van der Waals surface area contributed by atoms with Gasteiger partial charge in [0.05, 0.1) is 12.7 Å². The van der Waals surface area contributed by atoms with E-state index in [2.05, 4.69) is 18.7 Å². The molecule has 0 heterocycles. The first-order valence-electron chi connectivity index (χ1n) is 5.13. The second kappa shape index (κ2) is 8.48. The zero-order valence-corrected chi connectivity index (χ0v) is 9.12. The maximum Gasteiger partial charge on any atom is 0.0900 e. The van der Waals surface area contributed by atoms with Crippen LogP contribution in [-0.2, 0) is 4.74 Å². The molecule has 0 aliphatic heterocycles. The molecule has 0 fully saturated rings. The predicted octanol–water partition coefficient (Wildman–Crippen LogP) is 1.12. The van der Waals surface area contributed by atoms with E-state index in [9.17, 15) is 5.11 Å². The van der Waals surface area contributed by atoms with Crippen LogP contribution < -0.4 is 0 Å². The lowest BCUT2D eigenvalue weighted by Crippen LogP contribution is -2.35. The van der Waals surface area contributed by atoms with Crippen molar-refractivity contribution in [3.8, 4) is 0 Å². The maximum atomic E-state index is 9.48. The summed E-state index contributed by atoms with van der Waals surface area (Å²) in [6.07, 6.45) is 2.06. The monoisotopic (exact) mass is 189 g/mol. The van der Waals surface area contributed by atoms with E-state index in [1.807, 2.05) is 0 Å². The number of aliphatic hydroxyl groups is 1. The number of nitrogens with zero attached hydrogens (tertiary/aromatic N) is 1. The van der Waals surface area contributed by atoms with Crippen molar-refractivity contribution in [2.24, 2.45) is 0 Å². The molecule has 3 heteroatoms. The first-order valence-corrected chi connectivity index (χ1v) is 5.13. The minimum atomic E-state index is -0.346. The van der Waals surface area contributed by atoms with Gasteiger partial charge in [0.2, 0.25) is 0 Å². The Kier molecular flexibility index (Phi) is 8.40. The fourth-order valence-corrected chi connectivity index (χ4v) is 1.30. The molecule has 1 unspecified atom stereocenters. The third kappa shape index (κ3) is 6.99. The Morgan fingerprint density at radius 3 is 2.54 bits per heavy atom. The summed E-state index contributed by atoms with van der Waals surface area (Å²) in [6, 6.07) is 0. The Bertz CT molecular complexity index is 109. The summed E-state index contributed by atoms with van der Waals surface area (Å²) in [5, 5.41) is 9.48. The van der Waals surface area contributed by atoms with Crippen molar-refractivity contribution >= 4 is 0 Å². The van der Waals surface area contributed by atoms with Gasteiger partial charge in [-0.15, -0.1) is 0 Å². The van der Waals surface area contributed by atoms with Crippen LogP contribution in [0.4, 0.5) is 0 Å². The number of hydrogen-bond acceptors (Lipinski definition) is 3. The first kappa shape index (κ1) is 12.9. The van der Waals surface area contributed by atoms with Crippen LogP contribution in [0.2, 0.25) is 0 Å². The summed E-state index contributed by atoms with van der Waals surface area (Å²) >= 11 is 0. The van der Waals surface area contributed by atoms with Gasteiger partial charge in [-0.3, -0.25) is 0 Å². The summed E-state index contributed by atoms with van der Waals surface area (Å²) < 4.78 is 4.88. The van der Waals surface area contributed by atoms with Crippen LogP contribution in [0.1, 0.15) is 26.7 Å². The minimum absolute atomic E-state index is 0.346. The smallest absolute Gasteiger partial charge is 0.0900 e. The van der Waals surface area contributed by atoms with Crippen LogP contribution in [0.5, 0.6) is 0 Å². The highest BCUT2D eigenvalue weighted by Gasteiger charge is 2.08. The van der Waals surface area contributed by atoms with Crippen LogP contribution in [0.15, 0.2) is 0 Å². The van der Waals surface area contributed by atoms with Crippen LogP contribution in [0.25, 0.3) is 0 Å². The summed E-state index contributed by atoms with van der Waals surface area (Å²) in [7, 11) is 1.62. The van der Waals surface area contributed by atoms with Gasteiger partial charge in [0.1, 0.15) is 0 Å². The Hall–Kier alpha value is -0.120. The van der Waals surface area contributed by atoms with Crippen molar-refractivity contribution in [1.29, 1.82) is 0 Å². The van der Waals surface area contributed by atoms with E-state index >= 15 is 0 Å². The number of rotatable bonds is 8. The van der Waals surface area contributed by atoms with Crippen LogP contribution >= 0.6 is 0 Å². The zero-order chi connectivity index (χ0) is 10.1. The molecule has 0 aromatic heterocycles. The summed E-state index contributed by atoms with van der Waals surface area (Å²) in [5.74, 6) is 0. The van der Waals surface area contributed by atoms with Crippen molar-refractivity contribution in [2.75, 3.05) is 33.4 Å². The largest absolute Gasteiger partial charge is 0.389 e. The van der Waals surface area contributed by atoms with Crippen LogP contribution in [0.3, 0.4) is 0 Å². The predicted molar refractivity (Wildman–Crippen MR) is 54.9 cm³/mol. The molecule has 0 bridgehead atoms. The van der Waals surface area contributed by atoms with Crippen molar-refractivity contribution in [1.82, 2.24) is 4.90 Å². The zero-order valence-electron chi connectivity index (χ0n) is 9.12. The molecular formula is C10H23NO2. The van der Waals surface area contributed by atoms with Crippen LogP contribution in [0, 0.1) is 0 Å². The van der Waals surface area contributed by atoms with E-state index in [0.29, 0.717) is 6.61 Å². The summed E-state index contributed by atoms with van der Waals surface area (Å²) in [4.78, 5) is 2.26. The Labute approximate surface area is 81.7 Å². The van der Waals surface area contributed by atoms with Crippen LogP contribution in [-0.4, -0.2) is 49.5 Å². The quantitative estimate of drug-likeness (QED) is 0.621. The standard InChI is InChI=1S/C10H23NO2/c1-4-6-7-11(5-2)8-10(12)9-13-3/h10,12H,4-9H2,1-3H3. The van der Waals surface area contributed by atoms with Crippen molar-refractivity contribution in [3.05, 3.63) is 0 Å². The summed E-state index contributed by atoms with van der Waals surface area (Å²) in [6.45, 7) is 7.54. The van der Waals surface area contributed by atoms with E-state index in [-0.39, 0.29) is 6.10 Å². The molecule has 0 amide bonds. The summed E-state index contributed by atoms with van der Waals surface area (Å²) in [5.41, 5.74) is 0. The SMILES string of the molecule is CCCCN(CC)CC(O)COC. The molecule has 0 aromatic carbocycles. The molecule has 0 spiro atoms. The number of unbranched alkanes of at least 4 members (excludes halogenated alkanes) is 1. The topological polar surface area (TPSA) is 32.7 Å². The van der Waals surface area contributed by atoms with Gasteiger partial charge in [0, 0.05) is 13.7 Å². The average Bonchev–Trinajstić information content (AvgIpc) is 2.12. The Morgan fingerprint density at radius 2 is 2.08 bits per heavy atom. The molecule has 0 aliphatic carbocycles.